The molecule has 1 aliphatic rings. The van der Waals surface area contributed by atoms with Gasteiger partial charge in [-0.1, -0.05) is 13.8 Å². The highest BCUT2D eigenvalue weighted by Crippen LogP contribution is 2.38. The molecule has 0 bridgehead atoms. The van der Waals surface area contributed by atoms with Crippen LogP contribution in [0.2, 0.25) is 0 Å². The summed E-state index contributed by atoms with van der Waals surface area (Å²) in [6.07, 6.45) is -1.08. The fourth-order valence-corrected chi connectivity index (χ4v) is 2.73. The summed E-state index contributed by atoms with van der Waals surface area (Å²) in [6.45, 7) is 11.9. The zero-order chi connectivity index (χ0) is 14.6. The molecular weight excluding hydrogens is 244 g/mol. The van der Waals surface area contributed by atoms with Gasteiger partial charge in [-0.2, -0.15) is 4.68 Å². The third-order valence-electron chi connectivity index (χ3n) is 3.72. The number of nitrogens with zero attached hydrogens (tertiary/aromatic N) is 3. The molecule has 0 saturated carbocycles. The van der Waals surface area contributed by atoms with Gasteiger partial charge in [0.15, 0.2) is 5.82 Å². The second-order valence-corrected chi connectivity index (χ2v) is 6.82. The van der Waals surface area contributed by atoms with Crippen LogP contribution in [0.25, 0.3) is 0 Å². The van der Waals surface area contributed by atoms with Gasteiger partial charge < -0.3 is 10.8 Å². The number of carbonyl (C=O) groups is 1. The fourth-order valence-electron chi connectivity index (χ4n) is 2.73. The molecule has 1 aromatic rings. The fraction of sp³-hybridized carbons (Fsp3) is 0.692. The van der Waals surface area contributed by atoms with Gasteiger partial charge in [-0.05, 0) is 20.8 Å². The number of aromatic nitrogens is 2. The van der Waals surface area contributed by atoms with Crippen LogP contribution in [0.1, 0.15) is 45.9 Å². The highest BCUT2D eigenvalue weighted by Gasteiger charge is 2.41. The molecule has 0 amide bonds. The molecule has 19 heavy (non-hydrogen) atoms. The molecule has 0 spiro atoms. The smallest absolute Gasteiger partial charge is 0.432 e. The molecule has 6 heteroatoms. The van der Waals surface area contributed by atoms with Crippen molar-refractivity contribution >= 4 is 11.9 Å². The van der Waals surface area contributed by atoms with Gasteiger partial charge in [0.25, 0.3) is 0 Å². The van der Waals surface area contributed by atoms with E-state index in [2.05, 4.69) is 30.8 Å². The van der Waals surface area contributed by atoms with E-state index in [1.807, 2.05) is 13.8 Å². The van der Waals surface area contributed by atoms with Crippen molar-refractivity contribution in [2.45, 2.75) is 52.1 Å². The van der Waals surface area contributed by atoms with Crippen LogP contribution >= 0.6 is 0 Å². The summed E-state index contributed by atoms with van der Waals surface area (Å²) in [5.74, 6) is 0.319. The van der Waals surface area contributed by atoms with Gasteiger partial charge in [0.2, 0.25) is 0 Å². The largest absolute Gasteiger partial charge is 0.463 e. The summed E-state index contributed by atoms with van der Waals surface area (Å²) in [7, 11) is 0. The molecule has 0 unspecified atom stereocenters. The van der Waals surface area contributed by atoms with Crippen LogP contribution in [0.4, 0.5) is 10.6 Å². The van der Waals surface area contributed by atoms with Crippen LogP contribution in [-0.4, -0.2) is 38.0 Å². The van der Waals surface area contributed by atoms with Crippen LogP contribution in [0.15, 0.2) is 0 Å². The van der Waals surface area contributed by atoms with E-state index in [9.17, 15) is 9.90 Å². The molecule has 2 rings (SSSR count). The van der Waals surface area contributed by atoms with E-state index in [0.717, 1.165) is 22.5 Å². The first-order valence-corrected chi connectivity index (χ1v) is 6.40. The number of anilines is 1. The van der Waals surface area contributed by atoms with Crippen molar-refractivity contribution in [3.8, 4) is 0 Å². The van der Waals surface area contributed by atoms with Gasteiger partial charge >= 0.3 is 6.09 Å². The lowest BCUT2D eigenvalue weighted by atomic mass is 9.81. The average Bonchev–Trinajstić information content (AvgIpc) is 2.55. The predicted molar refractivity (Wildman–Crippen MR) is 73.3 cm³/mol. The van der Waals surface area contributed by atoms with E-state index in [1.54, 1.807) is 0 Å². The standard InChI is InChI=1S/C13H22N4O2/c1-12(2,3)16-6-8-9(13(4,5)7-16)17(11(18)19)15-10(8)14/h6-7H2,1-5H3,(H2,14,15)(H,18,19). The summed E-state index contributed by atoms with van der Waals surface area (Å²) in [5.41, 5.74) is 7.17. The first-order valence-electron chi connectivity index (χ1n) is 6.40. The second-order valence-electron chi connectivity index (χ2n) is 6.82. The number of rotatable bonds is 0. The zero-order valence-corrected chi connectivity index (χ0v) is 12.2. The molecule has 0 atom stereocenters. The summed E-state index contributed by atoms with van der Waals surface area (Å²) in [4.78, 5) is 13.6. The van der Waals surface area contributed by atoms with Crippen molar-refractivity contribution in [2.75, 3.05) is 12.3 Å². The minimum atomic E-state index is -1.08. The van der Waals surface area contributed by atoms with Crippen molar-refractivity contribution < 1.29 is 9.90 Å². The Labute approximate surface area is 113 Å². The van der Waals surface area contributed by atoms with E-state index in [4.69, 9.17) is 5.73 Å². The number of fused-ring (bicyclic) bond motifs is 1. The molecule has 0 aromatic carbocycles. The molecule has 6 nitrogen and oxygen atoms in total. The van der Waals surface area contributed by atoms with Gasteiger partial charge in [-0.3, -0.25) is 4.90 Å². The third kappa shape index (κ3) is 2.20. The monoisotopic (exact) mass is 266 g/mol. The number of nitrogens with two attached hydrogens (primary N) is 1. The quantitative estimate of drug-likeness (QED) is 0.749. The topological polar surface area (TPSA) is 84.4 Å². The highest BCUT2D eigenvalue weighted by molar-refractivity contribution is 5.71. The second kappa shape index (κ2) is 3.96. The number of hydrogen-bond donors (Lipinski definition) is 2. The van der Waals surface area contributed by atoms with E-state index in [0.29, 0.717) is 12.4 Å². The van der Waals surface area contributed by atoms with Crippen molar-refractivity contribution in [2.24, 2.45) is 0 Å². The summed E-state index contributed by atoms with van der Waals surface area (Å²) in [6, 6.07) is 0. The molecule has 0 saturated heterocycles. The first-order chi connectivity index (χ1) is 8.54. The molecule has 106 valence electrons. The van der Waals surface area contributed by atoms with Gasteiger partial charge in [0, 0.05) is 29.6 Å². The first kappa shape index (κ1) is 13.9. The molecule has 0 aliphatic carbocycles. The minimum Gasteiger partial charge on any atom is -0.463 e. The third-order valence-corrected chi connectivity index (χ3v) is 3.72. The Morgan fingerprint density at radius 2 is 2.00 bits per heavy atom. The Hall–Kier alpha value is -1.56. The summed E-state index contributed by atoms with van der Waals surface area (Å²) < 4.78 is 1.03. The van der Waals surface area contributed by atoms with Gasteiger partial charge in [-0.15, -0.1) is 5.10 Å². The van der Waals surface area contributed by atoms with Crippen molar-refractivity contribution in [3.05, 3.63) is 11.3 Å². The lowest BCUT2D eigenvalue weighted by Gasteiger charge is -2.44. The molecule has 0 radical (unpaired) electrons. The van der Waals surface area contributed by atoms with Crippen LogP contribution in [0.3, 0.4) is 0 Å². The molecule has 1 aliphatic heterocycles. The lowest BCUT2D eigenvalue weighted by molar-refractivity contribution is 0.0844. The summed E-state index contributed by atoms with van der Waals surface area (Å²) >= 11 is 0. The van der Waals surface area contributed by atoms with E-state index < -0.39 is 6.09 Å². The van der Waals surface area contributed by atoms with Gasteiger partial charge in [0.05, 0.1) is 5.69 Å². The van der Waals surface area contributed by atoms with Gasteiger partial charge in [-0.25, -0.2) is 4.79 Å². The average molecular weight is 266 g/mol. The normalized spacial score (nSPS) is 19.2. The number of hydrogen-bond acceptors (Lipinski definition) is 4. The van der Waals surface area contributed by atoms with Crippen molar-refractivity contribution in [1.29, 1.82) is 0 Å². The Balaban J connectivity index is 2.57. The predicted octanol–water partition coefficient (Wildman–Crippen LogP) is 1.88. The van der Waals surface area contributed by atoms with Gasteiger partial charge in [0.1, 0.15) is 0 Å². The number of carboxylic acid groups (broad SMARTS) is 1. The maximum atomic E-state index is 11.3. The summed E-state index contributed by atoms with van der Waals surface area (Å²) in [5, 5.41) is 13.2. The Morgan fingerprint density at radius 3 is 2.47 bits per heavy atom. The zero-order valence-electron chi connectivity index (χ0n) is 12.2. The lowest BCUT2D eigenvalue weighted by Crippen LogP contribution is -2.51. The van der Waals surface area contributed by atoms with Crippen molar-refractivity contribution in [3.63, 3.8) is 0 Å². The van der Waals surface area contributed by atoms with Crippen LogP contribution in [-0.2, 0) is 12.0 Å². The molecule has 2 heterocycles. The molecule has 1 aromatic heterocycles. The van der Waals surface area contributed by atoms with Crippen LogP contribution in [0.5, 0.6) is 0 Å². The Bertz CT molecular complexity index is 525. The molecule has 0 fully saturated rings. The Kier molecular flexibility index (Phi) is 2.89. The highest BCUT2D eigenvalue weighted by atomic mass is 16.4. The minimum absolute atomic E-state index is 0.00667. The van der Waals surface area contributed by atoms with E-state index in [-0.39, 0.29) is 11.0 Å². The van der Waals surface area contributed by atoms with Crippen LogP contribution in [0, 0.1) is 0 Å². The van der Waals surface area contributed by atoms with Crippen LogP contribution < -0.4 is 5.73 Å². The molecule has 3 N–H and O–H groups in total. The maximum Gasteiger partial charge on any atom is 0.432 e. The van der Waals surface area contributed by atoms with Crippen molar-refractivity contribution in [1.82, 2.24) is 14.7 Å². The van der Waals surface area contributed by atoms with E-state index in [1.165, 1.54) is 0 Å². The maximum absolute atomic E-state index is 11.3. The molecular formula is C13H22N4O2. The SMILES string of the molecule is CC1(C)CN(C(C)(C)C)Cc2c(N)nn(C(=O)O)c21. The Morgan fingerprint density at radius 1 is 1.42 bits per heavy atom. The van der Waals surface area contributed by atoms with E-state index >= 15 is 0 Å². The number of nitrogen functional groups attached to an aromatic ring is 1.